The van der Waals surface area contributed by atoms with Gasteiger partial charge >= 0.3 is 16.3 Å². The first kappa shape index (κ1) is 31.5. The van der Waals surface area contributed by atoms with Crippen molar-refractivity contribution >= 4 is 50.5 Å². The zero-order valence-corrected chi connectivity index (χ0v) is 25.9. The molecule has 0 fully saturated rings. The molecule has 0 bridgehead atoms. The molecule has 11 nitrogen and oxygen atoms in total. The van der Waals surface area contributed by atoms with Crippen molar-refractivity contribution in [1.82, 2.24) is 14.4 Å². The molecule has 0 spiro atoms. The van der Waals surface area contributed by atoms with Crippen molar-refractivity contribution in [2.24, 2.45) is 0 Å². The minimum atomic E-state index is -4.67. The van der Waals surface area contributed by atoms with Gasteiger partial charge in [0.2, 0.25) is 0 Å². The summed E-state index contributed by atoms with van der Waals surface area (Å²) >= 11 is 6.04. The van der Waals surface area contributed by atoms with E-state index in [1.807, 2.05) is 43.3 Å². The largest absolute Gasteiger partial charge is 0.455 e. The highest BCUT2D eigenvalue weighted by molar-refractivity contribution is 7.88. The van der Waals surface area contributed by atoms with Crippen molar-refractivity contribution in [2.45, 2.75) is 53.2 Å². The van der Waals surface area contributed by atoms with Gasteiger partial charge in [0.05, 0.1) is 17.1 Å². The first-order valence-corrected chi connectivity index (χ1v) is 15.0. The molecule has 2 amide bonds. The predicted octanol–water partition coefficient (Wildman–Crippen LogP) is 5.80. The summed E-state index contributed by atoms with van der Waals surface area (Å²) in [6.45, 7) is 10.0. The van der Waals surface area contributed by atoms with Crippen LogP contribution in [0.1, 0.15) is 60.9 Å². The first-order valence-electron chi connectivity index (χ1n) is 13.2. The lowest BCUT2D eigenvalue weighted by molar-refractivity contribution is 0.0570. The van der Waals surface area contributed by atoms with Gasteiger partial charge in [-0.25, -0.2) is 19.2 Å². The Balaban J connectivity index is 1.70. The van der Waals surface area contributed by atoms with E-state index in [1.165, 1.54) is 12.1 Å². The van der Waals surface area contributed by atoms with Gasteiger partial charge in [0.25, 0.3) is 5.91 Å². The van der Waals surface area contributed by atoms with E-state index in [1.54, 1.807) is 50.1 Å². The Morgan fingerprint density at radius 1 is 1.02 bits per heavy atom. The summed E-state index contributed by atoms with van der Waals surface area (Å²) in [4.78, 5) is 42.5. The number of carbonyl (C=O) groups is 2. The number of halogens is 1. The quantitative estimate of drug-likeness (QED) is 0.216. The van der Waals surface area contributed by atoms with Crippen LogP contribution >= 0.6 is 11.6 Å². The number of rotatable bonds is 7. The number of hydrogen-bond donors (Lipinski definition) is 3. The number of nitrogens with zero attached hydrogens (tertiary/aromatic N) is 1. The van der Waals surface area contributed by atoms with E-state index >= 15 is 0 Å². The maximum Gasteiger partial charge on any atom is 0.422 e. The molecule has 4 aromatic rings. The summed E-state index contributed by atoms with van der Waals surface area (Å²) in [6, 6.07) is 15.2. The summed E-state index contributed by atoms with van der Waals surface area (Å²) in [7, 11) is -4.67. The van der Waals surface area contributed by atoms with Crippen LogP contribution in [0.25, 0.3) is 22.3 Å². The van der Waals surface area contributed by atoms with Crippen molar-refractivity contribution in [2.75, 3.05) is 5.32 Å². The van der Waals surface area contributed by atoms with Crippen molar-refractivity contribution in [3.8, 4) is 11.3 Å². The molecular weight excluding hydrogens is 596 g/mol. The van der Waals surface area contributed by atoms with Crippen molar-refractivity contribution < 1.29 is 27.2 Å². The smallest absolute Gasteiger partial charge is 0.422 e. The van der Waals surface area contributed by atoms with Crippen molar-refractivity contribution in [1.29, 1.82) is 0 Å². The maximum atomic E-state index is 13.4. The van der Waals surface area contributed by atoms with Gasteiger partial charge in [0.15, 0.2) is 11.1 Å². The molecule has 4 rings (SSSR count). The molecule has 2 aromatic carbocycles. The van der Waals surface area contributed by atoms with Gasteiger partial charge in [-0.3, -0.25) is 9.59 Å². The maximum absolute atomic E-state index is 13.4. The zero-order valence-electron chi connectivity index (χ0n) is 24.4. The van der Waals surface area contributed by atoms with E-state index in [-0.39, 0.29) is 22.0 Å². The van der Waals surface area contributed by atoms with E-state index in [9.17, 15) is 22.8 Å². The summed E-state index contributed by atoms with van der Waals surface area (Å²) in [5.74, 6) is -0.720. The standard InChI is InChI=1S/C30H31ClN4O7S/c1-16-14-20(27-21(15-16)25(36)17(2)26(41-27)19-10-8-7-9-11-19)18(3)32-22-12-13-23(31)33-24(22)28(37)34-43(39,40)35-29(38)42-30(4,5)6/h7-15,18,32H,1-6H3,(H,34,37)(H,35,38)/t18-/m1/s1. The lowest BCUT2D eigenvalue weighted by Gasteiger charge is -2.21. The number of aromatic nitrogens is 1. The number of hydrogen-bond acceptors (Lipinski definition) is 9. The Morgan fingerprint density at radius 2 is 1.70 bits per heavy atom. The lowest BCUT2D eigenvalue weighted by atomic mass is 9.98. The molecular formula is C30H31ClN4O7S. The molecule has 43 heavy (non-hydrogen) atoms. The van der Waals surface area contributed by atoms with Crippen LogP contribution in [0.2, 0.25) is 5.15 Å². The third kappa shape index (κ3) is 7.51. The number of benzene rings is 2. The second-order valence-corrected chi connectivity index (χ2v) is 12.7. The monoisotopic (exact) mass is 626 g/mol. The fourth-order valence-electron chi connectivity index (χ4n) is 4.39. The van der Waals surface area contributed by atoms with Gasteiger partial charge in [-0.1, -0.05) is 48.0 Å². The molecule has 2 heterocycles. The number of carbonyl (C=O) groups excluding carboxylic acids is 2. The SMILES string of the molecule is Cc1cc([C@@H](C)Nc2ccc(Cl)nc2C(=O)NS(=O)(=O)NC(=O)OC(C)(C)C)c2oc(-c3ccccc3)c(C)c(=O)c2c1. The number of aryl methyl sites for hydroxylation is 1. The predicted molar refractivity (Wildman–Crippen MR) is 164 cm³/mol. The average molecular weight is 627 g/mol. The topological polar surface area (TPSA) is 157 Å². The fourth-order valence-corrected chi connectivity index (χ4v) is 5.19. The molecule has 3 N–H and O–H groups in total. The Hall–Kier alpha value is -4.42. The Kier molecular flexibility index (Phi) is 8.84. The zero-order chi connectivity index (χ0) is 31.7. The van der Waals surface area contributed by atoms with E-state index in [0.29, 0.717) is 27.9 Å². The molecule has 0 aliphatic carbocycles. The van der Waals surface area contributed by atoms with Crippen LogP contribution in [-0.2, 0) is 14.9 Å². The third-order valence-electron chi connectivity index (χ3n) is 6.19. The lowest BCUT2D eigenvalue weighted by Crippen LogP contribution is -2.45. The molecule has 0 saturated heterocycles. The minimum absolute atomic E-state index is 0.0733. The summed E-state index contributed by atoms with van der Waals surface area (Å²) in [6.07, 6.45) is -1.27. The van der Waals surface area contributed by atoms with Crippen LogP contribution in [0.3, 0.4) is 0 Å². The minimum Gasteiger partial charge on any atom is -0.455 e. The highest BCUT2D eigenvalue weighted by Gasteiger charge is 2.26. The summed E-state index contributed by atoms with van der Waals surface area (Å²) in [5.41, 5.74) is 1.64. The van der Waals surface area contributed by atoms with Crippen molar-refractivity contribution in [3.63, 3.8) is 0 Å². The molecule has 1 atom stereocenters. The van der Waals surface area contributed by atoms with Crippen LogP contribution in [0.15, 0.2) is 63.8 Å². The second-order valence-electron chi connectivity index (χ2n) is 10.9. The second kappa shape index (κ2) is 12.1. The van der Waals surface area contributed by atoms with E-state index in [0.717, 1.165) is 11.1 Å². The molecule has 0 unspecified atom stereocenters. The summed E-state index contributed by atoms with van der Waals surface area (Å²) in [5, 5.41) is 3.48. The number of ether oxygens (including phenoxy) is 1. The molecule has 0 radical (unpaired) electrons. The Bertz CT molecular complexity index is 1890. The van der Waals surface area contributed by atoms with Crippen LogP contribution < -0.4 is 20.2 Å². The van der Waals surface area contributed by atoms with E-state index in [2.05, 4.69) is 10.3 Å². The molecule has 226 valence electrons. The highest BCUT2D eigenvalue weighted by Crippen LogP contribution is 2.32. The number of amides is 2. The van der Waals surface area contributed by atoms with Gasteiger partial charge in [0.1, 0.15) is 22.1 Å². The number of nitrogens with one attached hydrogen (secondary N) is 3. The fraction of sp³-hybridized carbons (Fsp3) is 0.267. The molecule has 0 aliphatic rings. The molecule has 2 aromatic heterocycles. The van der Waals surface area contributed by atoms with Gasteiger partial charge in [-0.05, 0) is 65.3 Å². The van der Waals surface area contributed by atoms with Crippen LogP contribution in [0, 0.1) is 13.8 Å². The van der Waals surface area contributed by atoms with E-state index in [4.69, 9.17) is 20.8 Å². The normalized spacial score (nSPS) is 12.4. The number of anilines is 1. The van der Waals surface area contributed by atoms with E-state index < -0.39 is 33.9 Å². The van der Waals surface area contributed by atoms with Gasteiger partial charge in [0, 0.05) is 16.7 Å². The van der Waals surface area contributed by atoms with Crippen LogP contribution in [0.4, 0.5) is 10.5 Å². The number of fused-ring (bicyclic) bond motifs is 1. The third-order valence-corrected chi connectivity index (χ3v) is 7.29. The Morgan fingerprint density at radius 3 is 2.35 bits per heavy atom. The van der Waals surface area contributed by atoms with Crippen molar-refractivity contribution in [3.05, 3.63) is 92.4 Å². The van der Waals surface area contributed by atoms with Gasteiger partial charge in [-0.15, -0.1) is 0 Å². The summed E-state index contributed by atoms with van der Waals surface area (Å²) < 4.78 is 39.6. The average Bonchev–Trinajstić information content (AvgIpc) is 2.90. The van der Waals surface area contributed by atoms with Crippen LogP contribution in [0.5, 0.6) is 0 Å². The molecule has 13 heteroatoms. The van der Waals surface area contributed by atoms with Gasteiger partial charge < -0.3 is 14.5 Å². The molecule has 0 saturated carbocycles. The van der Waals surface area contributed by atoms with Gasteiger partial charge in [-0.2, -0.15) is 8.42 Å². The highest BCUT2D eigenvalue weighted by atomic mass is 35.5. The number of pyridine rings is 1. The van der Waals surface area contributed by atoms with Crippen LogP contribution in [-0.4, -0.2) is 31.0 Å². The Labute approximate surface area is 253 Å². The molecule has 0 aliphatic heterocycles. The first-order chi connectivity index (χ1) is 20.0.